The predicted octanol–water partition coefficient (Wildman–Crippen LogP) is 1.25. The summed E-state index contributed by atoms with van der Waals surface area (Å²) in [4.78, 5) is 0. The summed E-state index contributed by atoms with van der Waals surface area (Å²) in [5, 5.41) is 12.6. The second-order valence-corrected chi connectivity index (χ2v) is 4.67. The van der Waals surface area contributed by atoms with Crippen LogP contribution in [0.15, 0.2) is 0 Å². The Balaban J connectivity index is 2.36. The summed E-state index contributed by atoms with van der Waals surface area (Å²) in [6.45, 7) is 3.16. The van der Waals surface area contributed by atoms with Crippen molar-refractivity contribution >= 4 is 0 Å². The quantitative estimate of drug-likeness (QED) is 0.598. The molecule has 0 aromatic rings. The fraction of sp³-hybridized carbons (Fsp3) is 1.00. The van der Waals surface area contributed by atoms with Gasteiger partial charge in [0.05, 0.1) is 0 Å². The van der Waals surface area contributed by atoms with Gasteiger partial charge in [0.25, 0.3) is 0 Å². The van der Waals surface area contributed by atoms with E-state index in [0.717, 1.165) is 25.3 Å². The van der Waals surface area contributed by atoms with E-state index < -0.39 is 0 Å². The lowest BCUT2D eigenvalue weighted by molar-refractivity contribution is 0.242. The minimum Gasteiger partial charge on any atom is -0.396 e. The second kappa shape index (κ2) is 7.20. The van der Waals surface area contributed by atoms with Gasteiger partial charge in [0.15, 0.2) is 0 Å². The molecule has 1 aliphatic carbocycles. The summed E-state index contributed by atoms with van der Waals surface area (Å²) in [5.41, 5.74) is 5.83. The molecule has 90 valence electrons. The van der Waals surface area contributed by atoms with Crippen LogP contribution >= 0.6 is 0 Å². The number of nitrogens with two attached hydrogens (primary N) is 1. The Bertz CT molecular complexity index is 158. The van der Waals surface area contributed by atoms with Crippen LogP contribution in [-0.2, 0) is 0 Å². The maximum absolute atomic E-state index is 8.95. The van der Waals surface area contributed by atoms with Crippen molar-refractivity contribution in [1.82, 2.24) is 5.32 Å². The monoisotopic (exact) mass is 214 g/mol. The van der Waals surface area contributed by atoms with Crippen molar-refractivity contribution in [3.05, 3.63) is 0 Å². The van der Waals surface area contributed by atoms with Crippen LogP contribution in [0.25, 0.3) is 0 Å². The third-order valence-corrected chi connectivity index (χ3v) is 3.64. The molecule has 0 aromatic heterocycles. The van der Waals surface area contributed by atoms with Gasteiger partial charge >= 0.3 is 0 Å². The lowest BCUT2D eigenvalue weighted by atomic mass is 9.96. The lowest BCUT2D eigenvalue weighted by Gasteiger charge is -2.28. The molecule has 3 nitrogen and oxygen atoms in total. The number of hydrogen-bond acceptors (Lipinski definition) is 3. The largest absolute Gasteiger partial charge is 0.396 e. The molecule has 1 fully saturated rings. The van der Waals surface area contributed by atoms with E-state index in [4.69, 9.17) is 10.8 Å². The van der Waals surface area contributed by atoms with E-state index in [1.165, 1.54) is 25.7 Å². The fourth-order valence-corrected chi connectivity index (χ4v) is 2.62. The summed E-state index contributed by atoms with van der Waals surface area (Å²) in [5.74, 6) is 0.766. The number of hydrogen-bond donors (Lipinski definition) is 3. The van der Waals surface area contributed by atoms with Gasteiger partial charge in [0.2, 0.25) is 0 Å². The first kappa shape index (κ1) is 12.9. The van der Waals surface area contributed by atoms with Crippen molar-refractivity contribution < 1.29 is 5.11 Å². The van der Waals surface area contributed by atoms with E-state index in [0.29, 0.717) is 12.1 Å². The molecule has 1 aliphatic rings. The van der Waals surface area contributed by atoms with Crippen molar-refractivity contribution in [2.24, 2.45) is 11.7 Å². The minimum absolute atomic E-state index is 0.271. The highest BCUT2D eigenvalue weighted by Crippen LogP contribution is 2.27. The highest BCUT2D eigenvalue weighted by molar-refractivity contribution is 4.83. The van der Waals surface area contributed by atoms with Crippen LogP contribution in [0.1, 0.15) is 45.4 Å². The molecule has 3 heteroatoms. The summed E-state index contributed by atoms with van der Waals surface area (Å²) < 4.78 is 0. The van der Waals surface area contributed by atoms with Gasteiger partial charge in [0.1, 0.15) is 0 Å². The molecule has 2 atom stereocenters. The van der Waals surface area contributed by atoms with Crippen molar-refractivity contribution in [2.75, 3.05) is 13.2 Å². The SMILES string of the molecule is CCC(CCO)NC(CN)C1CCCC1. The van der Waals surface area contributed by atoms with Crippen LogP contribution in [0, 0.1) is 5.92 Å². The zero-order valence-corrected chi connectivity index (χ0v) is 9.91. The second-order valence-electron chi connectivity index (χ2n) is 4.67. The topological polar surface area (TPSA) is 58.3 Å². The molecule has 4 N–H and O–H groups in total. The van der Waals surface area contributed by atoms with E-state index >= 15 is 0 Å². The van der Waals surface area contributed by atoms with Crippen molar-refractivity contribution in [2.45, 2.75) is 57.5 Å². The van der Waals surface area contributed by atoms with Gasteiger partial charge in [-0.3, -0.25) is 0 Å². The molecule has 2 unspecified atom stereocenters. The Morgan fingerprint density at radius 3 is 2.53 bits per heavy atom. The molecule has 1 rings (SSSR count). The highest BCUT2D eigenvalue weighted by atomic mass is 16.3. The first-order valence-electron chi connectivity index (χ1n) is 6.38. The van der Waals surface area contributed by atoms with Crippen LogP contribution in [0.3, 0.4) is 0 Å². The zero-order chi connectivity index (χ0) is 11.1. The Kier molecular flexibility index (Phi) is 6.22. The van der Waals surface area contributed by atoms with Gasteiger partial charge in [-0.15, -0.1) is 0 Å². The average molecular weight is 214 g/mol. The molecule has 0 aromatic carbocycles. The van der Waals surface area contributed by atoms with Gasteiger partial charge in [-0.25, -0.2) is 0 Å². The zero-order valence-electron chi connectivity index (χ0n) is 9.91. The third kappa shape index (κ3) is 4.09. The third-order valence-electron chi connectivity index (χ3n) is 3.64. The van der Waals surface area contributed by atoms with Crippen LogP contribution in [0.2, 0.25) is 0 Å². The standard InChI is InChI=1S/C12H26N2O/c1-2-11(7-8-15)14-12(9-13)10-5-3-4-6-10/h10-12,14-15H,2-9,13H2,1H3. The normalized spacial score (nSPS) is 21.8. The molecule has 0 amide bonds. The number of nitrogens with one attached hydrogen (secondary N) is 1. The minimum atomic E-state index is 0.271. The molecule has 0 saturated heterocycles. The lowest BCUT2D eigenvalue weighted by Crippen LogP contribution is -2.46. The van der Waals surface area contributed by atoms with Gasteiger partial charge in [-0.05, 0) is 31.6 Å². The van der Waals surface area contributed by atoms with E-state index in [2.05, 4.69) is 12.2 Å². The molecule has 15 heavy (non-hydrogen) atoms. The Morgan fingerprint density at radius 1 is 1.40 bits per heavy atom. The smallest absolute Gasteiger partial charge is 0.0445 e. The molecule has 0 radical (unpaired) electrons. The van der Waals surface area contributed by atoms with Crippen LogP contribution in [0.5, 0.6) is 0 Å². The first-order valence-corrected chi connectivity index (χ1v) is 6.38. The van der Waals surface area contributed by atoms with Gasteiger partial charge < -0.3 is 16.2 Å². The maximum atomic E-state index is 8.95. The van der Waals surface area contributed by atoms with E-state index in [1.54, 1.807) is 0 Å². The van der Waals surface area contributed by atoms with Crippen LogP contribution in [-0.4, -0.2) is 30.3 Å². The van der Waals surface area contributed by atoms with Gasteiger partial charge in [-0.2, -0.15) is 0 Å². The Morgan fingerprint density at radius 2 is 2.07 bits per heavy atom. The summed E-state index contributed by atoms with van der Waals surface area (Å²) in [7, 11) is 0. The molecule has 0 spiro atoms. The number of aliphatic hydroxyl groups excluding tert-OH is 1. The van der Waals surface area contributed by atoms with Crippen molar-refractivity contribution in [1.29, 1.82) is 0 Å². The molecule has 0 heterocycles. The highest BCUT2D eigenvalue weighted by Gasteiger charge is 2.25. The molecule has 1 saturated carbocycles. The molecule has 0 bridgehead atoms. The number of aliphatic hydroxyl groups is 1. The molecular formula is C12H26N2O. The van der Waals surface area contributed by atoms with E-state index in [1.807, 2.05) is 0 Å². The van der Waals surface area contributed by atoms with Gasteiger partial charge in [0, 0.05) is 25.2 Å². The predicted molar refractivity (Wildman–Crippen MR) is 63.7 cm³/mol. The van der Waals surface area contributed by atoms with E-state index in [-0.39, 0.29) is 6.61 Å². The van der Waals surface area contributed by atoms with Crippen LogP contribution < -0.4 is 11.1 Å². The van der Waals surface area contributed by atoms with Crippen molar-refractivity contribution in [3.63, 3.8) is 0 Å². The fourth-order valence-electron chi connectivity index (χ4n) is 2.62. The number of rotatable bonds is 7. The molecular weight excluding hydrogens is 188 g/mol. The van der Waals surface area contributed by atoms with Crippen molar-refractivity contribution in [3.8, 4) is 0 Å². The average Bonchev–Trinajstić information content (AvgIpc) is 2.77. The summed E-state index contributed by atoms with van der Waals surface area (Å²) in [6.07, 6.45) is 7.29. The maximum Gasteiger partial charge on any atom is 0.0445 e. The molecule has 0 aliphatic heterocycles. The van der Waals surface area contributed by atoms with Gasteiger partial charge in [-0.1, -0.05) is 19.8 Å². The summed E-state index contributed by atoms with van der Waals surface area (Å²) >= 11 is 0. The Hall–Kier alpha value is -0.120. The Labute approximate surface area is 93.4 Å². The van der Waals surface area contributed by atoms with E-state index in [9.17, 15) is 0 Å². The first-order chi connectivity index (χ1) is 7.31. The summed E-state index contributed by atoms with van der Waals surface area (Å²) in [6, 6.07) is 0.896. The van der Waals surface area contributed by atoms with Crippen LogP contribution in [0.4, 0.5) is 0 Å².